The number of nitrogens with zero attached hydrogens (tertiary/aromatic N) is 2. The van der Waals surface area contributed by atoms with E-state index in [0.717, 1.165) is 19.3 Å². The SMILES string of the molecule is COc1cc(C(=O)NC2CCC2)ccc1Nc1nc(Nc2c(NC(C)(C)C)c(=O)c2=O)c2[nH]c[nH+]c2n1. The first-order valence-corrected chi connectivity index (χ1v) is 12.0. The first-order valence-electron chi connectivity index (χ1n) is 12.0. The van der Waals surface area contributed by atoms with Gasteiger partial charge >= 0.3 is 11.6 Å². The van der Waals surface area contributed by atoms with E-state index in [1.54, 1.807) is 24.5 Å². The predicted octanol–water partition coefficient (Wildman–Crippen LogP) is 2.36. The van der Waals surface area contributed by atoms with Crippen LogP contribution in [0.25, 0.3) is 11.2 Å². The second-order valence-corrected chi connectivity index (χ2v) is 10.1. The van der Waals surface area contributed by atoms with Gasteiger partial charge in [-0.1, -0.05) is 4.98 Å². The molecule has 192 valence electrons. The number of carbonyl (C=O) groups is 1. The smallest absolute Gasteiger partial charge is 0.307 e. The molecule has 1 fully saturated rings. The number of amides is 1. The lowest BCUT2D eigenvalue weighted by Gasteiger charge is -2.26. The van der Waals surface area contributed by atoms with Gasteiger partial charge in [0.15, 0.2) is 12.1 Å². The van der Waals surface area contributed by atoms with Crippen LogP contribution in [0.15, 0.2) is 34.1 Å². The molecule has 0 saturated heterocycles. The minimum Gasteiger partial charge on any atom is -0.495 e. The highest BCUT2D eigenvalue weighted by Crippen LogP contribution is 2.31. The summed E-state index contributed by atoms with van der Waals surface area (Å²) in [6.45, 7) is 5.69. The van der Waals surface area contributed by atoms with Crippen LogP contribution in [0, 0.1) is 0 Å². The van der Waals surface area contributed by atoms with Gasteiger partial charge in [0, 0.05) is 17.1 Å². The third-order valence-electron chi connectivity index (χ3n) is 6.14. The molecule has 0 bridgehead atoms. The first kappa shape index (κ1) is 24.2. The van der Waals surface area contributed by atoms with Crippen LogP contribution < -0.4 is 41.8 Å². The van der Waals surface area contributed by atoms with E-state index in [4.69, 9.17) is 4.74 Å². The molecule has 1 aliphatic carbocycles. The summed E-state index contributed by atoms with van der Waals surface area (Å²) < 4.78 is 5.51. The van der Waals surface area contributed by atoms with E-state index >= 15 is 0 Å². The van der Waals surface area contributed by atoms with Gasteiger partial charge in [-0.15, -0.1) is 0 Å². The van der Waals surface area contributed by atoms with Crippen molar-refractivity contribution in [3.63, 3.8) is 0 Å². The van der Waals surface area contributed by atoms with Crippen molar-refractivity contribution in [1.29, 1.82) is 0 Å². The van der Waals surface area contributed by atoms with E-state index in [1.807, 2.05) is 20.8 Å². The fourth-order valence-electron chi connectivity index (χ4n) is 4.03. The van der Waals surface area contributed by atoms with Crippen molar-refractivity contribution in [2.45, 2.75) is 51.6 Å². The maximum absolute atomic E-state index is 12.6. The van der Waals surface area contributed by atoms with Crippen molar-refractivity contribution < 1.29 is 14.5 Å². The minimum atomic E-state index is -0.624. The summed E-state index contributed by atoms with van der Waals surface area (Å²) in [7, 11) is 1.51. The molecule has 2 aromatic carbocycles. The van der Waals surface area contributed by atoms with Gasteiger partial charge < -0.3 is 26.0 Å². The number of benzene rings is 1. The summed E-state index contributed by atoms with van der Waals surface area (Å²) in [6, 6.07) is 5.31. The molecular formula is C25H29N8O4+. The maximum Gasteiger partial charge on any atom is 0.307 e. The fraction of sp³-hybridized carbons (Fsp3) is 0.360. The number of imidazole rings is 1. The number of nitrogens with one attached hydrogen (secondary N) is 6. The number of rotatable bonds is 8. The summed E-state index contributed by atoms with van der Waals surface area (Å²) in [5.41, 5.74) is 0.774. The van der Waals surface area contributed by atoms with Crippen LogP contribution in [0.1, 0.15) is 50.4 Å². The van der Waals surface area contributed by atoms with Crippen molar-refractivity contribution >= 4 is 45.9 Å². The molecule has 0 unspecified atom stereocenters. The molecule has 0 spiro atoms. The van der Waals surface area contributed by atoms with Crippen LogP contribution in [0.2, 0.25) is 0 Å². The molecule has 6 N–H and O–H groups in total. The Balaban J connectivity index is 1.43. The molecule has 12 heteroatoms. The highest BCUT2D eigenvalue weighted by molar-refractivity contribution is 5.96. The lowest BCUT2D eigenvalue weighted by Crippen LogP contribution is -2.41. The number of methoxy groups -OCH3 is 1. The van der Waals surface area contributed by atoms with Gasteiger partial charge in [-0.2, -0.15) is 4.98 Å². The number of hydrogen-bond donors (Lipinski definition) is 5. The van der Waals surface area contributed by atoms with Crippen molar-refractivity contribution in [2.24, 2.45) is 0 Å². The first-order chi connectivity index (χ1) is 17.6. The molecule has 37 heavy (non-hydrogen) atoms. The number of carbonyl (C=O) groups excluding carboxylic acids is 1. The third-order valence-corrected chi connectivity index (χ3v) is 6.14. The van der Waals surface area contributed by atoms with Gasteiger partial charge in [0.2, 0.25) is 5.52 Å². The average molecular weight is 506 g/mol. The molecule has 1 amide bonds. The molecule has 0 aliphatic heterocycles. The van der Waals surface area contributed by atoms with Crippen molar-refractivity contribution in [1.82, 2.24) is 20.3 Å². The quantitative estimate of drug-likeness (QED) is 0.226. The van der Waals surface area contributed by atoms with E-state index in [-0.39, 0.29) is 29.3 Å². The molecule has 0 atom stereocenters. The van der Waals surface area contributed by atoms with Gasteiger partial charge in [-0.3, -0.25) is 19.4 Å². The van der Waals surface area contributed by atoms with Crippen LogP contribution in [-0.2, 0) is 0 Å². The number of aromatic nitrogens is 4. The zero-order chi connectivity index (χ0) is 26.3. The second-order valence-electron chi connectivity index (χ2n) is 10.1. The van der Waals surface area contributed by atoms with Crippen molar-refractivity contribution in [3.8, 4) is 5.75 Å². The monoisotopic (exact) mass is 505 g/mol. The topological polar surface area (TPSA) is 164 Å². The second kappa shape index (κ2) is 9.19. The largest absolute Gasteiger partial charge is 0.495 e. The van der Waals surface area contributed by atoms with E-state index in [0.29, 0.717) is 34.0 Å². The summed E-state index contributed by atoms with van der Waals surface area (Å²) in [6.07, 6.45) is 4.71. The normalized spacial score (nSPS) is 13.8. The van der Waals surface area contributed by atoms with E-state index < -0.39 is 16.4 Å². The van der Waals surface area contributed by atoms with Crippen LogP contribution in [0.4, 0.5) is 28.8 Å². The molecule has 12 nitrogen and oxygen atoms in total. The Kier molecular flexibility index (Phi) is 6.02. The van der Waals surface area contributed by atoms with Crippen LogP contribution in [-0.4, -0.2) is 39.5 Å². The van der Waals surface area contributed by atoms with Crippen molar-refractivity contribution in [2.75, 3.05) is 23.1 Å². The van der Waals surface area contributed by atoms with Gasteiger partial charge in [0.25, 0.3) is 16.8 Å². The molecule has 2 heterocycles. The summed E-state index contributed by atoms with van der Waals surface area (Å²) >= 11 is 0. The predicted molar refractivity (Wildman–Crippen MR) is 140 cm³/mol. The molecule has 5 rings (SSSR count). The molecule has 0 radical (unpaired) electrons. The lowest BCUT2D eigenvalue weighted by atomic mass is 9.93. The number of ether oxygens (including phenoxy) is 1. The molecule has 1 saturated carbocycles. The zero-order valence-corrected chi connectivity index (χ0v) is 21.0. The molecule has 4 aromatic rings. The Labute approximate surface area is 212 Å². The van der Waals surface area contributed by atoms with Crippen molar-refractivity contribution in [3.05, 3.63) is 50.5 Å². The highest BCUT2D eigenvalue weighted by Gasteiger charge is 2.27. The van der Waals surface area contributed by atoms with E-state index in [9.17, 15) is 14.4 Å². The van der Waals surface area contributed by atoms with Gasteiger partial charge in [0.05, 0.1) is 12.8 Å². The Morgan fingerprint density at radius 3 is 2.54 bits per heavy atom. The minimum absolute atomic E-state index is 0.139. The summed E-state index contributed by atoms with van der Waals surface area (Å²) in [5, 5.41) is 12.2. The van der Waals surface area contributed by atoms with E-state index in [1.165, 1.54) is 7.11 Å². The molecule has 2 aromatic heterocycles. The van der Waals surface area contributed by atoms with E-state index in [2.05, 4.69) is 41.2 Å². The Hall–Kier alpha value is -4.48. The number of fused-ring (bicyclic) bond motifs is 1. The molecule has 1 aliphatic rings. The van der Waals surface area contributed by atoms with Gasteiger partial charge in [0.1, 0.15) is 17.1 Å². The van der Waals surface area contributed by atoms with Gasteiger partial charge in [-0.05, 0) is 58.2 Å². The fourth-order valence-corrected chi connectivity index (χ4v) is 4.03. The summed E-state index contributed by atoms with van der Waals surface area (Å²) in [5.74, 6) is 0.804. The third kappa shape index (κ3) is 4.82. The average Bonchev–Trinajstić information content (AvgIpc) is 3.31. The zero-order valence-electron chi connectivity index (χ0n) is 21.0. The molecular weight excluding hydrogens is 476 g/mol. The highest BCUT2D eigenvalue weighted by atomic mass is 16.5. The number of H-pyrrole nitrogens is 2. The summed E-state index contributed by atoms with van der Waals surface area (Å²) in [4.78, 5) is 52.1. The Morgan fingerprint density at radius 1 is 1.11 bits per heavy atom. The van der Waals surface area contributed by atoms with Crippen LogP contribution in [0.3, 0.4) is 0 Å². The number of hydrogen-bond acceptors (Lipinski definition) is 9. The number of aromatic amines is 2. The van der Waals surface area contributed by atoms with Crippen LogP contribution in [0.5, 0.6) is 5.75 Å². The standard InChI is InChI=1S/C25H28N8O4/c1-25(2,3)33-17-16(19(34)20(17)35)30-22-18-21(27-11-26-18)31-24(32-22)29-14-9-8-12(10-15(14)37-4)23(36)28-13-6-5-7-13/h8-11,13,33H,5-7H2,1-4H3,(H,28,36)(H3,26,27,29,30,31,32)/p+1. The Bertz CT molecular complexity index is 1560. The number of anilines is 5. The van der Waals surface area contributed by atoms with Gasteiger partial charge in [-0.25, -0.2) is 4.98 Å². The van der Waals surface area contributed by atoms with Crippen LogP contribution >= 0.6 is 0 Å². The maximum atomic E-state index is 12.6. The Morgan fingerprint density at radius 2 is 1.86 bits per heavy atom. The lowest BCUT2D eigenvalue weighted by molar-refractivity contribution is -0.347.